The zero-order valence-electron chi connectivity index (χ0n) is 17.1. The smallest absolute Gasteiger partial charge is 0.264 e. The summed E-state index contributed by atoms with van der Waals surface area (Å²) in [6.45, 7) is 3.86. The van der Waals surface area contributed by atoms with E-state index in [1.807, 2.05) is 38.1 Å². The highest BCUT2D eigenvalue weighted by Gasteiger charge is 2.15. The maximum atomic E-state index is 12.5. The number of amides is 1. The molecule has 0 aliphatic heterocycles. The van der Waals surface area contributed by atoms with Crippen molar-refractivity contribution in [2.75, 3.05) is 23.3 Å². The molecular formula is C23H24N2O4S. The number of rotatable bonds is 7. The molecule has 0 aromatic heterocycles. The Morgan fingerprint density at radius 3 is 2.23 bits per heavy atom. The van der Waals surface area contributed by atoms with Crippen LogP contribution in [0.5, 0.6) is 5.75 Å². The SMILES string of the molecule is Cc1ccc(N(C)C(=O)COc2ccc(S(=O)(=O)Nc3ccccc3)cc2)cc1C. The lowest BCUT2D eigenvalue weighted by atomic mass is 10.1. The van der Waals surface area contributed by atoms with Crippen molar-refractivity contribution < 1.29 is 17.9 Å². The Kier molecular flexibility index (Phi) is 6.42. The Balaban J connectivity index is 1.61. The number of nitrogens with zero attached hydrogens (tertiary/aromatic N) is 1. The quantitative estimate of drug-likeness (QED) is 0.618. The minimum Gasteiger partial charge on any atom is -0.484 e. The third-order valence-corrected chi connectivity index (χ3v) is 6.17. The number of ether oxygens (including phenoxy) is 1. The van der Waals surface area contributed by atoms with Crippen LogP contribution in [0.15, 0.2) is 77.7 Å². The van der Waals surface area contributed by atoms with Crippen LogP contribution in [0.25, 0.3) is 0 Å². The molecule has 7 heteroatoms. The van der Waals surface area contributed by atoms with Crippen molar-refractivity contribution in [1.82, 2.24) is 0 Å². The number of aryl methyl sites for hydroxylation is 2. The molecule has 0 heterocycles. The molecular weight excluding hydrogens is 400 g/mol. The minimum absolute atomic E-state index is 0.109. The summed E-state index contributed by atoms with van der Waals surface area (Å²) < 4.78 is 33.0. The average molecular weight is 425 g/mol. The van der Waals surface area contributed by atoms with Crippen LogP contribution < -0.4 is 14.4 Å². The van der Waals surface area contributed by atoms with E-state index in [2.05, 4.69) is 4.72 Å². The van der Waals surface area contributed by atoms with Crippen molar-refractivity contribution in [2.45, 2.75) is 18.7 Å². The fourth-order valence-corrected chi connectivity index (χ4v) is 3.81. The highest BCUT2D eigenvalue weighted by molar-refractivity contribution is 7.92. The van der Waals surface area contributed by atoms with Crippen molar-refractivity contribution in [2.24, 2.45) is 0 Å². The Labute approximate surface area is 177 Å². The second-order valence-corrected chi connectivity index (χ2v) is 8.64. The van der Waals surface area contributed by atoms with Crippen molar-refractivity contribution in [3.8, 4) is 5.75 Å². The number of sulfonamides is 1. The highest BCUT2D eigenvalue weighted by atomic mass is 32.2. The lowest BCUT2D eigenvalue weighted by molar-refractivity contribution is -0.120. The van der Waals surface area contributed by atoms with Crippen LogP contribution in [0.1, 0.15) is 11.1 Å². The number of nitrogens with one attached hydrogen (secondary N) is 1. The Hall–Kier alpha value is -3.32. The molecule has 0 spiro atoms. The number of carbonyl (C=O) groups is 1. The predicted molar refractivity (Wildman–Crippen MR) is 119 cm³/mol. The summed E-state index contributed by atoms with van der Waals surface area (Å²) in [5.41, 5.74) is 3.54. The Bertz CT molecular complexity index is 1130. The number of anilines is 2. The molecule has 156 valence electrons. The average Bonchev–Trinajstić information content (AvgIpc) is 2.74. The predicted octanol–water partition coefficient (Wildman–Crippen LogP) is 4.15. The number of carbonyl (C=O) groups excluding carboxylic acids is 1. The first-order valence-electron chi connectivity index (χ1n) is 9.41. The molecule has 0 aliphatic carbocycles. The molecule has 0 atom stereocenters. The van der Waals surface area contributed by atoms with Gasteiger partial charge in [-0.2, -0.15) is 0 Å². The van der Waals surface area contributed by atoms with Crippen molar-refractivity contribution >= 4 is 27.3 Å². The summed E-state index contributed by atoms with van der Waals surface area (Å²) >= 11 is 0. The van der Waals surface area contributed by atoms with Crippen LogP contribution >= 0.6 is 0 Å². The summed E-state index contributed by atoms with van der Waals surface area (Å²) in [6.07, 6.45) is 0. The van der Waals surface area contributed by atoms with Gasteiger partial charge in [-0.3, -0.25) is 9.52 Å². The number of hydrogen-bond donors (Lipinski definition) is 1. The summed E-state index contributed by atoms with van der Waals surface area (Å²) in [6, 6.07) is 20.4. The van der Waals surface area contributed by atoms with Gasteiger partial charge in [-0.15, -0.1) is 0 Å². The maximum absolute atomic E-state index is 12.5. The number of hydrogen-bond acceptors (Lipinski definition) is 4. The molecule has 0 aliphatic rings. The largest absolute Gasteiger partial charge is 0.484 e. The van der Waals surface area contributed by atoms with E-state index >= 15 is 0 Å². The first-order chi connectivity index (χ1) is 14.3. The molecule has 0 fully saturated rings. The monoisotopic (exact) mass is 424 g/mol. The van der Waals surface area contributed by atoms with Gasteiger partial charge in [0.25, 0.3) is 15.9 Å². The van der Waals surface area contributed by atoms with E-state index in [0.29, 0.717) is 11.4 Å². The van der Waals surface area contributed by atoms with Gasteiger partial charge in [0.15, 0.2) is 6.61 Å². The summed E-state index contributed by atoms with van der Waals surface area (Å²) in [5, 5.41) is 0. The zero-order valence-corrected chi connectivity index (χ0v) is 17.9. The molecule has 0 bridgehead atoms. The second-order valence-electron chi connectivity index (χ2n) is 6.95. The van der Waals surface area contributed by atoms with Crippen LogP contribution in [0.4, 0.5) is 11.4 Å². The molecule has 1 N–H and O–H groups in total. The van der Waals surface area contributed by atoms with Gasteiger partial charge in [0.2, 0.25) is 0 Å². The Morgan fingerprint density at radius 2 is 1.60 bits per heavy atom. The summed E-state index contributed by atoms with van der Waals surface area (Å²) in [5.74, 6) is 0.205. The van der Waals surface area contributed by atoms with Gasteiger partial charge < -0.3 is 9.64 Å². The number of likely N-dealkylation sites (N-methyl/N-ethyl adjacent to an activating group) is 1. The van der Waals surface area contributed by atoms with E-state index in [1.165, 1.54) is 29.2 Å². The topological polar surface area (TPSA) is 75.7 Å². The number of para-hydroxylation sites is 1. The van der Waals surface area contributed by atoms with Crippen LogP contribution in [0.3, 0.4) is 0 Å². The van der Waals surface area contributed by atoms with E-state index in [0.717, 1.165) is 16.8 Å². The van der Waals surface area contributed by atoms with Gasteiger partial charge in [-0.05, 0) is 73.5 Å². The second kappa shape index (κ2) is 9.00. The molecule has 0 radical (unpaired) electrons. The maximum Gasteiger partial charge on any atom is 0.264 e. The van der Waals surface area contributed by atoms with Crippen molar-refractivity contribution in [1.29, 1.82) is 0 Å². The first-order valence-corrected chi connectivity index (χ1v) is 10.9. The molecule has 0 unspecified atom stereocenters. The van der Waals surface area contributed by atoms with E-state index in [1.54, 1.807) is 31.3 Å². The van der Waals surface area contributed by atoms with E-state index < -0.39 is 10.0 Å². The zero-order chi connectivity index (χ0) is 21.7. The summed E-state index contributed by atoms with van der Waals surface area (Å²) in [4.78, 5) is 14.1. The third kappa shape index (κ3) is 5.18. The van der Waals surface area contributed by atoms with Crippen LogP contribution in [-0.2, 0) is 14.8 Å². The normalized spacial score (nSPS) is 11.0. The molecule has 3 aromatic rings. The molecule has 0 saturated carbocycles. The molecule has 1 amide bonds. The van der Waals surface area contributed by atoms with E-state index in [9.17, 15) is 13.2 Å². The number of benzene rings is 3. The van der Waals surface area contributed by atoms with Gasteiger partial charge >= 0.3 is 0 Å². The van der Waals surface area contributed by atoms with Gasteiger partial charge in [0.05, 0.1) is 4.90 Å². The molecule has 0 saturated heterocycles. The first kappa shape index (κ1) is 21.4. The van der Waals surface area contributed by atoms with Crippen molar-refractivity contribution in [3.63, 3.8) is 0 Å². The van der Waals surface area contributed by atoms with Crippen LogP contribution in [0, 0.1) is 13.8 Å². The molecule has 3 rings (SSSR count). The van der Waals surface area contributed by atoms with Gasteiger partial charge in [0, 0.05) is 18.4 Å². The fraction of sp³-hybridized carbons (Fsp3) is 0.174. The highest BCUT2D eigenvalue weighted by Crippen LogP contribution is 2.20. The van der Waals surface area contributed by atoms with E-state index in [4.69, 9.17) is 4.74 Å². The van der Waals surface area contributed by atoms with E-state index in [-0.39, 0.29) is 17.4 Å². The molecule has 6 nitrogen and oxygen atoms in total. The van der Waals surface area contributed by atoms with Gasteiger partial charge in [-0.1, -0.05) is 24.3 Å². The minimum atomic E-state index is -3.70. The van der Waals surface area contributed by atoms with Gasteiger partial charge in [-0.25, -0.2) is 8.42 Å². The summed E-state index contributed by atoms with van der Waals surface area (Å²) in [7, 11) is -2.00. The lowest BCUT2D eigenvalue weighted by Crippen LogP contribution is -2.31. The van der Waals surface area contributed by atoms with Gasteiger partial charge in [0.1, 0.15) is 5.75 Å². The van der Waals surface area contributed by atoms with Crippen LogP contribution in [0.2, 0.25) is 0 Å². The lowest BCUT2D eigenvalue weighted by Gasteiger charge is -2.19. The standard InChI is InChI=1S/C23H24N2O4S/c1-17-9-10-20(15-18(17)2)25(3)23(26)16-29-21-11-13-22(14-12-21)30(27,28)24-19-7-5-4-6-8-19/h4-15,24H,16H2,1-3H3. The third-order valence-electron chi connectivity index (χ3n) is 4.77. The van der Waals surface area contributed by atoms with Crippen LogP contribution in [-0.4, -0.2) is 28.0 Å². The molecule has 3 aromatic carbocycles. The fourth-order valence-electron chi connectivity index (χ4n) is 2.76. The van der Waals surface area contributed by atoms with Crippen molar-refractivity contribution in [3.05, 3.63) is 83.9 Å². The Morgan fingerprint density at radius 1 is 0.933 bits per heavy atom. The molecule has 30 heavy (non-hydrogen) atoms.